The number of ether oxygens (including phenoxy) is 2. The van der Waals surface area contributed by atoms with Gasteiger partial charge in [-0.05, 0) is 31.6 Å². The fourth-order valence-electron chi connectivity index (χ4n) is 6.09. The van der Waals surface area contributed by atoms with Crippen LogP contribution in [0.3, 0.4) is 0 Å². The molecule has 268 valence electrons. The van der Waals surface area contributed by atoms with Crippen LogP contribution in [0.4, 0.5) is 0 Å². The van der Waals surface area contributed by atoms with Crippen molar-refractivity contribution >= 4 is 23.8 Å². The zero-order valence-electron chi connectivity index (χ0n) is 30.5. The predicted molar refractivity (Wildman–Crippen MR) is 186 cm³/mol. The van der Waals surface area contributed by atoms with E-state index in [1.807, 2.05) is 9.80 Å². The van der Waals surface area contributed by atoms with Gasteiger partial charge in [-0.25, -0.2) is 0 Å². The molecule has 0 N–H and O–H groups in total. The molecule has 0 radical (unpaired) electrons. The molecule has 0 aromatic carbocycles. The lowest BCUT2D eigenvalue weighted by Gasteiger charge is -2.17. The highest BCUT2D eigenvalue weighted by molar-refractivity contribution is 5.87. The Morgan fingerprint density at radius 1 is 0.609 bits per heavy atom. The van der Waals surface area contributed by atoms with Crippen molar-refractivity contribution in [3.05, 3.63) is 0 Å². The minimum atomic E-state index is -0.252. The molecule has 2 saturated heterocycles. The summed E-state index contributed by atoms with van der Waals surface area (Å²) in [5, 5.41) is 0. The molecular weight excluding hydrogens is 580 g/mol. The van der Waals surface area contributed by atoms with E-state index >= 15 is 0 Å². The van der Waals surface area contributed by atoms with Gasteiger partial charge in [0, 0.05) is 39.0 Å². The van der Waals surface area contributed by atoms with Crippen molar-refractivity contribution in [2.75, 3.05) is 39.4 Å². The maximum Gasteiger partial charge on any atom is 0.311 e. The highest BCUT2D eigenvalue weighted by atomic mass is 16.5. The van der Waals surface area contributed by atoms with Crippen LogP contribution in [-0.4, -0.2) is 72.9 Å². The number of carbonyl (C=O) groups is 4. The first kappa shape index (κ1) is 41.9. The van der Waals surface area contributed by atoms with Crippen LogP contribution >= 0.6 is 0 Å². The second-order valence-corrected chi connectivity index (χ2v) is 13.6. The summed E-state index contributed by atoms with van der Waals surface area (Å²) in [7, 11) is 0. The molecule has 2 aliphatic rings. The van der Waals surface area contributed by atoms with E-state index in [1.165, 1.54) is 64.2 Å². The van der Waals surface area contributed by atoms with Gasteiger partial charge in [0.1, 0.15) is 0 Å². The summed E-state index contributed by atoms with van der Waals surface area (Å²) in [6.07, 6.45) is 22.1. The highest BCUT2D eigenvalue weighted by Crippen LogP contribution is 2.22. The lowest BCUT2D eigenvalue weighted by atomic mass is 10.0. The van der Waals surface area contributed by atoms with Gasteiger partial charge in [0.15, 0.2) is 0 Å². The van der Waals surface area contributed by atoms with E-state index in [4.69, 9.17) is 9.47 Å². The number of rotatable bonds is 25. The third kappa shape index (κ3) is 18.3. The van der Waals surface area contributed by atoms with Crippen molar-refractivity contribution in [3.8, 4) is 0 Å². The molecule has 2 heterocycles. The zero-order valence-corrected chi connectivity index (χ0v) is 30.5. The average molecular weight is 651 g/mol. The van der Waals surface area contributed by atoms with E-state index in [9.17, 15) is 19.2 Å². The molecule has 8 nitrogen and oxygen atoms in total. The summed E-state index contributed by atoms with van der Waals surface area (Å²) in [6, 6.07) is 0. The Labute approximate surface area is 282 Å². The molecule has 8 heteroatoms. The van der Waals surface area contributed by atoms with Crippen LogP contribution in [0.5, 0.6) is 0 Å². The number of hydrogen-bond acceptors (Lipinski definition) is 6. The Morgan fingerprint density at radius 3 is 1.50 bits per heavy atom. The van der Waals surface area contributed by atoms with Gasteiger partial charge < -0.3 is 19.3 Å². The third-order valence-electron chi connectivity index (χ3n) is 9.41. The van der Waals surface area contributed by atoms with E-state index in [1.54, 1.807) is 0 Å². The van der Waals surface area contributed by atoms with Gasteiger partial charge in [0.25, 0.3) is 0 Å². The van der Waals surface area contributed by atoms with Gasteiger partial charge in [-0.15, -0.1) is 0 Å². The predicted octanol–water partition coefficient (Wildman–Crippen LogP) is 8.49. The lowest BCUT2D eigenvalue weighted by Crippen LogP contribution is -2.28. The second kappa shape index (κ2) is 26.9. The molecule has 0 aliphatic carbocycles. The second-order valence-electron chi connectivity index (χ2n) is 13.6. The van der Waals surface area contributed by atoms with Gasteiger partial charge in [-0.1, -0.05) is 125 Å². The van der Waals surface area contributed by atoms with Gasteiger partial charge in [-0.3, -0.25) is 19.2 Å². The van der Waals surface area contributed by atoms with Gasteiger partial charge in [-0.2, -0.15) is 0 Å². The van der Waals surface area contributed by atoms with E-state index in [0.717, 1.165) is 64.5 Å². The van der Waals surface area contributed by atoms with Crippen molar-refractivity contribution in [3.63, 3.8) is 0 Å². The van der Waals surface area contributed by atoms with Crippen LogP contribution in [0.25, 0.3) is 0 Å². The Kier molecular flexibility index (Phi) is 24.5. The Balaban J connectivity index is 0.000000467. The third-order valence-corrected chi connectivity index (χ3v) is 9.41. The number of hydrogen-bond donors (Lipinski definition) is 0. The fourth-order valence-corrected chi connectivity index (χ4v) is 6.09. The number of likely N-dealkylation sites (tertiary alicyclic amines) is 2. The summed E-state index contributed by atoms with van der Waals surface area (Å²) >= 11 is 0. The molecule has 3 unspecified atom stereocenters. The molecule has 0 bridgehead atoms. The minimum absolute atomic E-state index is 0.100. The quantitative estimate of drug-likeness (QED) is 0.0727. The standard InChI is InChI=1S/C21H39NO3.C17H31NO3/c1-3-5-7-8-9-10-11-12-13-14-16-25-21(24)19-17-20(23)22(18-19)15-6-4-2;1-4-7-9-14(6-3)13-21-17(20)15-11-16(19)18(12-15)10-8-5-2/h19H,3-18H2,1-2H3;14-15H,4-13H2,1-3H3. The van der Waals surface area contributed by atoms with Gasteiger partial charge in [0.05, 0.1) is 25.0 Å². The first-order valence-corrected chi connectivity index (χ1v) is 19.2. The fraction of sp³-hybridized carbons (Fsp3) is 0.895. The molecular formula is C38H70N2O6. The van der Waals surface area contributed by atoms with Crippen LogP contribution in [0, 0.1) is 17.8 Å². The average Bonchev–Trinajstić information content (AvgIpc) is 3.63. The molecule has 46 heavy (non-hydrogen) atoms. The Hall–Kier alpha value is -2.12. The monoisotopic (exact) mass is 651 g/mol. The van der Waals surface area contributed by atoms with Crippen molar-refractivity contribution in [1.82, 2.24) is 9.80 Å². The molecule has 2 aliphatic heterocycles. The largest absolute Gasteiger partial charge is 0.465 e. The summed E-state index contributed by atoms with van der Waals surface area (Å²) in [5.74, 6) is -0.189. The Bertz CT molecular complexity index is 834. The van der Waals surface area contributed by atoms with E-state index in [0.29, 0.717) is 45.1 Å². The lowest BCUT2D eigenvalue weighted by molar-refractivity contribution is -0.150. The van der Waals surface area contributed by atoms with Gasteiger partial charge >= 0.3 is 11.9 Å². The molecule has 2 amide bonds. The molecule has 0 saturated carbocycles. The summed E-state index contributed by atoms with van der Waals surface area (Å²) in [5.41, 5.74) is 0. The first-order chi connectivity index (χ1) is 22.3. The summed E-state index contributed by atoms with van der Waals surface area (Å²) < 4.78 is 10.8. The van der Waals surface area contributed by atoms with Gasteiger partial charge in [0.2, 0.25) is 11.8 Å². The molecule has 0 spiro atoms. The van der Waals surface area contributed by atoms with Crippen molar-refractivity contribution < 1.29 is 28.7 Å². The molecule has 2 rings (SSSR count). The van der Waals surface area contributed by atoms with Crippen molar-refractivity contribution in [1.29, 1.82) is 0 Å². The number of nitrogens with zero attached hydrogens (tertiary/aromatic N) is 2. The summed E-state index contributed by atoms with van der Waals surface area (Å²) in [4.78, 5) is 51.5. The molecule has 3 atom stereocenters. The molecule has 2 fully saturated rings. The Morgan fingerprint density at radius 2 is 1.04 bits per heavy atom. The molecule has 0 aromatic heterocycles. The first-order valence-electron chi connectivity index (χ1n) is 19.2. The zero-order chi connectivity index (χ0) is 34.0. The van der Waals surface area contributed by atoms with Crippen LogP contribution in [0.1, 0.15) is 163 Å². The van der Waals surface area contributed by atoms with E-state index in [2.05, 4.69) is 34.6 Å². The highest BCUT2D eigenvalue weighted by Gasteiger charge is 2.36. The topological polar surface area (TPSA) is 93.2 Å². The maximum atomic E-state index is 12.1. The van der Waals surface area contributed by atoms with E-state index < -0.39 is 0 Å². The van der Waals surface area contributed by atoms with Crippen LogP contribution in [-0.2, 0) is 28.7 Å². The number of carbonyl (C=O) groups excluding carboxylic acids is 4. The maximum absolute atomic E-state index is 12.1. The number of esters is 2. The van der Waals surface area contributed by atoms with Crippen LogP contribution in [0.15, 0.2) is 0 Å². The van der Waals surface area contributed by atoms with Crippen molar-refractivity contribution in [2.45, 2.75) is 163 Å². The summed E-state index contributed by atoms with van der Waals surface area (Å²) in [6.45, 7) is 14.4. The number of amides is 2. The smallest absolute Gasteiger partial charge is 0.311 e. The SMILES string of the molecule is CCCCC(CC)COC(=O)C1CC(=O)N(CCCC)C1.CCCCCCCCCCCCOC(=O)C1CC(=O)N(CCCC)C1. The van der Waals surface area contributed by atoms with Crippen molar-refractivity contribution in [2.24, 2.45) is 17.8 Å². The van der Waals surface area contributed by atoms with Crippen LogP contribution in [0.2, 0.25) is 0 Å². The number of unbranched alkanes of at least 4 members (excludes halogenated alkanes) is 12. The molecule has 0 aromatic rings. The minimum Gasteiger partial charge on any atom is -0.465 e. The van der Waals surface area contributed by atoms with Crippen LogP contribution < -0.4 is 0 Å². The van der Waals surface area contributed by atoms with E-state index in [-0.39, 0.29) is 35.6 Å². The normalized spacial score (nSPS) is 18.5.